The molecule has 0 radical (unpaired) electrons. The highest BCUT2D eigenvalue weighted by Gasteiger charge is 2.31. The average molecular weight is 392 g/mol. The third kappa shape index (κ3) is 3.71. The number of aromatic nitrogens is 2. The Morgan fingerprint density at radius 1 is 1.07 bits per heavy atom. The minimum Gasteiger partial charge on any atom is -0.478 e. The molecule has 0 saturated carbocycles. The molecule has 0 bridgehead atoms. The molecule has 1 aliphatic heterocycles. The van der Waals surface area contributed by atoms with Crippen molar-refractivity contribution in [2.45, 2.75) is 11.8 Å². The molecule has 9 nitrogen and oxygen atoms in total. The molecule has 0 aliphatic carbocycles. The van der Waals surface area contributed by atoms with E-state index in [1.165, 1.54) is 28.6 Å². The molecule has 0 unspecified atom stereocenters. The third-order valence-corrected chi connectivity index (χ3v) is 6.42. The molecule has 0 atom stereocenters. The number of aromatic carboxylic acids is 1. The summed E-state index contributed by atoms with van der Waals surface area (Å²) in [4.78, 5) is 25.2. The van der Waals surface area contributed by atoms with Crippen molar-refractivity contribution in [2.75, 3.05) is 26.2 Å². The van der Waals surface area contributed by atoms with Crippen LogP contribution < -0.4 is 0 Å². The van der Waals surface area contributed by atoms with Crippen LogP contribution in [-0.2, 0) is 17.1 Å². The number of hydrogen-bond acceptors (Lipinski definition) is 5. The van der Waals surface area contributed by atoms with E-state index in [1.54, 1.807) is 29.7 Å². The first kappa shape index (κ1) is 19.1. The number of carbonyl (C=O) groups is 2. The monoisotopic (exact) mass is 392 g/mol. The van der Waals surface area contributed by atoms with E-state index in [4.69, 9.17) is 5.11 Å². The largest absolute Gasteiger partial charge is 0.478 e. The number of aryl methyl sites for hydroxylation is 2. The summed E-state index contributed by atoms with van der Waals surface area (Å²) in [5.74, 6) is -1.28. The summed E-state index contributed by atoms with van der Waals surface area (Å²) in [5, 5.41) is 13.1. The van der Waals surface area contributed by atoms with Crippen molar-refractivity contribution in [3.63, 3.8) is 0 Å². The van der Waals surface area contributed by atoms with Crippen molar-refractivity contribution in [3.05, 3.63) is 47.3 Å². The molecule has 1 aliphatic rings. The van der Waals surface area contributed by atoms with E-state index in [9.17, 15) is 18.0 Å². The van der Waals surface area contributed by atoms with Gasteiger partial charge in [0.25, 0.3) is 5.91 Å². The predicted molar refractivity (Wildman–Crippen MR) is 96.0 cm³/mol. The predicted octanol–water partition coefficient (Wildman–Crippen LogP) is 0.573. The summed E-state index contributed by atoms with van der Waals surface area (Å²) in [6.07, 6.45) is 1.66. The lowest BCUT2D eigenvalue weighted by atomic mass is 10.2. The Bertz CT molecular complexity index is 973. The van der Waals surface area contributed by atoms with E-state index in [0.29, 0.717) is 11.3 Å². The van der Waals surface area contributed by atoms with Crippen LogP contribution in [0.2, 0.25) is 0 Å². The fourth-order valence-electron chi connectivity index (χ4n) is 3.03. The zero-order chi connectivity index (χ0) is 19.8. The molecule has 144 valence electrons. The van der Waals surface area contributed by atoms with Crippen LogP contribution in [0.3, 0.4) is 0 Å². The number of carboxylic acid groups (broad SMARTS) is 1. The Morgan fingerprint density at radius 3 is 2.15 bits per heavy atom. The highest BCUT2D eigenvalue weighted by atomic mass is 32.2. The molecule has 10 heteroatoms. The molecule has 27 heavy (non-hydrogen) atoms. The second-order valence-corrected chi connectivity index (χ2v) is 8.27. The number of hydrogen-bond donors (Lipinski definition) is 1. The van der Waals surface area contributed by atoms with Gasteiger partial charge < -0.3 is 10.0 Å². The molecule has 0 spiro atoms. The van der Waals surface area contributed by atoms with Crippen LogP contribution in [0.4, 0.5) is 0 Å². The first-order valence-corrected chi connectivity index (χ1v) is 9.77. The van der Waals surface area contributed by atoms with Crippen molar-refractivity contribution in [2.24, 2.45) is 7.05 Å². The second kappa shape index (κ2) is 7.12. The van der Waals surface area contributed by atoms with Crippen molar-refractivity contribution < 1.29 is 23.1 Å². The normalized spacial score (nSPS) is 15.7. The summed E-state index contributed by atoms with van der Waals surface area (Å²) in [5.41, 5.74) is 1.17. The minimum absolute atomic E-state index is 0.0243. The van der Waals surface area contributed by atoms with Crippen LogP contribution in [0.1, 0.15) is 26.4 Å². The highest BCUT2D eigenvalue weighted by Crippen LogP contribution is 2.19. The fraction of sp³-hybridized carbons (Fsp3) is 0.353. The molecule has 1 saturated heterocycles. The Morgan fingerprint density at radius 2 is 1.67 bits per heavy atom. The van der Waals surface area contributed by atoms with Gasteiger partial charge in [0.2, 0.25) is 10.0 Å². The summed E-state index contributed by atoms with van der Waals surface area (Å²) >= 11 is 0. The van der Waals surface area contributed by atoms with Crippen molar-refractivity contribution in [3.8, 4) is 0 Å². The summed E-state index contributed by atoms with van der Waals surface area (Å²) in [7, 11) is -2.00. The lowest BCUT2D eigenvalue weighted by molar-refractivity contribution is 0.0689. The lowest BCUT2D eigenvalue weighted by Gasteiger charge is -2.34. The number of benzene rings is 1. The van der Waals surface area contributed by atoms with E-state index in [2.05, 4.69) is 5.10 Å². The van der Waals surface area contributed by atoms with Crippen LogP contribution in [0.5, 0.6) is 0 Å². The minimum atomic E-state index is -3.74. The highest BCUT2D eigenvalue weighted by molar-refractivity contribution is 7.89. The Balaban J connectivity index is 1.70. The number of carboxylic acids is 1. The first-order chi connectivity index (χ1) is 12.7. The van der Waals surface area contributed by atoms with Gasteiger partial charge in [-0.3, -0.25) is 9.48 Å². The molecule has 1 fully saturated rings. The smallest absolute Gasteiger partial charge is 0.335 e. The second-order valence-electron chi connectivity index (χ2n) is 6.33. The number of amides is 1. The van der Waals surface area contributed by atoms with Gasteiger partial charge in [-0.05, 0) is 31.2 Å². The zero-order valence-corrected chi connectivity index (χ0v) is 15.8. The number of piperazine rings is 1. The SMILES string of the molecule is Cc1nn(C)cc1C(=O)N1CCN(S(=O)(=O)c2ccc(C(=O)O)cc2)CC1. The van der Waals surface area contributed by atoms with Gasteiger partial charge in [0.05, 0.1) is 21.7 Å². The number of sulfonamides is 1. The van der Waals surface area contributed by atoms with Gasteiger partial charge in [-0.1, -0.05) is 0 Å². The van der Waals surface area contributed by atoms with Crippen molar-refractivity contribution in [1.29, 1.82) is 0 Å². The first-order valence-electron chi connectivity index (χ1n) is 8.33. The summed E-state index contributed by atoms with van der Waals surface area (Å²) < 4.78 is 28.3. The van der Waals surface area contributed by atoms with Gasteiger partial charge in [-0.15, -0.1) is 0 Å². The quantitative estimate of drug-likeness (QED) is 0.814. The molecule has 1 aromatic carbocycles. The van der Waals surface area contributed by atoms with E-state index in [1.807, 2.05) is 0 Å². The van der Waals surface area contributed by atoms with Gasteiger partial charge in [0, 0.05) is 39.4 Å². The molecule has 1 N–H and O–H groups in total. The molecular weight excluding hydrogens is 372 g/mol. The molecular formula is C17H20N4O5S. The van der Waals surface area contributed by atoms with Crippen molar-refractivity contribution >= 4 is 21.9 Å². The zero-order valence-electron chi connectivity index (χ0n) is 15.0. The topological polar surface area (TPSA) is 113 Å². The standard InChI is InChI=1S/C17H20N4O5S/c1-12-15(11-19(2)18-12)16(22)20-7-9-21(10-8-20)27(25,26)14-5-3-13(4-6-14)17(23)24/h3-6,11H,7-10H2,1-2H3,(H,23,24). The maximum absolute atomic E-state index is 12.7. The average Bonchev–Trinajstić information content (AvgIpc) is 2.99. The lowest BCUT2D eigenvalue weighted by Crippen LogP contribution is -2.50. The number of carbonyl (C=O) groups excluding carboxylic acids is 1. The fourth-order valence-corrected chi connectivity index (χ4v) is 4.45. The molecule has 2 aromatic rings. The molecule has 3 rings (SSSR count). The molecule has 1 aromatic heterocycles. The number of rotatable bonds is 4. The Hall–Kier alpha value is -2.72. The van der Waals surface area contributed by atoms with Crippen LogP contribution in [0.15, 0.2) is 35.4 Å². The molecule has 1 amide bonds. The van der Waals surface area contributed by atoms with E-state index in [-0.39, 0.29) is 42.5 Å². The van der Waals surface area contributed by atoms with Gasteiger partial charge in [-0.2, -0.15) is 9.40 Å². The number of nitrogens with zero attached hydrogens (tertiary/aromatic N) is 4. The van der Waals surface area contributed by atoms with Crippen molar-refractivity contribution in [1.82, 2.24) is 19.0 Å². The van der Waals surface area contributed by atoms with Gasteiger partial charge in [0.1, 0.15) is 0 Å². The summed E-state index contributed by atoms with van der Waals surface area (Å²) in [6.45, 7) is 2.66. The van der Waals surface area contributed by atoms with Crippen LogP contribution in [0, 0.1) is 6.92 Å². The van der Waals surface area contributed by atoms with Gasteiger partial charge >= 0.3 is 5.97 Å². The maximum atomic E-state index is 12.7. The van der Waals surface area contributed by atoms with Crippen LogP contribution in [-0.4, -0.2) is 70.6 Å². The van der Waals surface area contributed by atoms with Gasteiger partial charge in [-0.25, -0.2) is 13.2 Å². The summed E-state index contributed by atoms with van der Waals surface area (Å²) in [6, 6.07) is 5.10. The van der Waals surface area contributed by atoms with E-state index in [0.717, 1.165) is 0 Å². The van der Waals surface area contributed by atoms with Gasteiger partial charge in [0.15, 0.2) is 0 Å². The van der Waals surface area contributed by atoms with E-state index >= 15 is 0 Å². The molecule has 2 heterocycles. The maximum Gasteiger partial charge on any atom is 0.335 e. The third-order valence-electron chi connectivity index (χ3n) is 4.51. The van der Waals surface area contributed by atoms with Crippen LogP contribution in [0.25, 0.3) is 0 Å². The Kier molecular flexibility index (Phi) is 5.03. The van der Waals surface area contributed by atoms with Crippen LogP contribution >= 0.6 is 0 Å². The van der Waals surface area contributed by atoms with E-state index < -0.39 is 16.0 Å². The Labute approximate surface area is 156 Å².